The molecule has 2 saturated carbocycles. The van der Waals surface area contributed by atoms with E-state index in [1.807, 2.05) is 0 Å². The Bertz CT molecular complexity index is 142. The number of hydrogen-bond donors (Lipinski definition) is 0. The van der Waals surface area contributed by atoms with Crippen LogP contribution in [-0.2, 0) is 0 Å². The highest BCUT2D eigenvalue weighted by Gasteiger charge is 2.26. The van der Waals surface area contributed by atoms with Crippen molar-refractivity contribution in [2.24, 2.45) is 0 Å². The third-order valence-electron chi connectivity index (χ3n) is 3.85. The standard InChI is InChI=1S/C12H22BrN/c13-14(11-7-3-1-4-8-11)12-9-5-2-6-10-12/h11-12H,1-10H2. The molecule has 0 aromatic carbocycles. The predicted octanol–water partition coefficient (Wildman–Crippen LogP) is 4.26. The minimum Gasteiger partial charge on any atom is -0.236 e. The SMILES string of the molecule is BrN(C1CCCCC1)C1CCCCC1. The largest absolute Gasteiger partial charge is 0.236 e. The van der Waals surface area contributed by atoms with Crippen molar-refractivity contribution in [1.82, 2.24) is 3.93 Å². The van der Waals surface area contributed by atoms with E-state index >= 15 is 0 Å². The van der Waals surface area contributed by atoms with E-state index in [0.29, 0.717) is 0 Å². The van der Waals surface area contributed by atoms with Gasteiger partial charge in [-0.3, -0.25) is 0 Å². The van der Waals surface area contributed by atoms with Gasteiger partial charge in [0.1, 0.15) is 0 Å². The average molecular weight is 260 g/mol. The summed E-state index contributed by atoms with van der Waals surface area (Å²) in [7, 11) is 0. The van der Waals surface area contributed by atoms with Crippen LogP contribution < -0.4 is 0 Å². The summed E-state index contributed by atoms with van der Waals surface area (Å²) in [5, 5.41) is 0. The lowest BCUT2D eigenvalue weighted by Crippen LogP contribution is -2.38. The highest BCUT2D eigenvalue weighted by molar-refractivity contribution is 9.07. The molecule has 82 valence electrons. The first kappa shape index (κ1) is 10.9. The molecule has 2 heteroatoms. The minimum absolute atomic E-state index is 0.840. The maximum atomic E-state index is 3.83. The van der Waals surface area contributed by atoms with Crippen LogP contribution in [0.1, 0.15) is 64.2 Å². The summed E-state index contributed by atoms with van der Waals surface area (Å²) >= 11 is 3.83. The van der Waals surface area contributed by atoms with Crippen LogP contribution in [0.5, 0.6) is 0 Å². The van der Waals surface area contributed by atoms with Gasteiger partial charge in [0.15, 0.2) is 0 Å². The lowest BCUT2D eigenvalue weighted by Gasteiger charge is -2.37. The van der Waals surface area contributed by atoms with Gasteiger partial charge < -0.3 is 0 Å². The zero-order chi connectivity index (χ0) is 9.80. The molecule has 0 radical (unpaired) electrons. The smallest absolute Gasteiger partial charge is 0.0208 e. The van der Waals surface area contributed by atoms with E-state index < -0.39 is 0 Å². The van der Waals surface area contributed by atoms with Gasteiger partial charge in [0.25, 0.3) is 0 Å². The molecule has 2 fully saturated rings. The van der Waals surface area contributed by atoms with Crippen LogP contribution in [0.4, 0.5) is 0 Å². The lowest BCUT2D eigenvalue weighted by molar-refractivity contribution is 0.193. The number of hydrogen-bond acceptors (Lipinski definition) is 1. The van der Waals surface area contributed by atoms with Crippen molar-refractivity contribution in [2.45, 2.75) is 76.3 Å². The van der Waals surface area contributed by atoms with Crippen molar-refractivity contribution in [1.29, 1.82) is 0 Å². The molecule has 0 amide bonds. The zero-order valence-corrected chi connectivity index (χ0v) is 10.6. The van der Waals surface area contributed by atoms with E-state index in [-0.39, 0.29) is 0 Å². The fourth-order valence-electron chi connectivity index (χ4n) is 2.95. The number of nitrogens with zero attached hydrogens (tertiary/aromatic N) is 1. The fourth-order valence-corrected chi connectivity index (χ4v) is 3.77. The Morgan fingerprint density at radius 3 is 1.36 bits per heavy atom. The lowest BCUT2D eigenvalue weighted by atomic mass is 9.91. The Morgan fingerprint density at radius 2 is 1.00 bits per heavy atom. The second-order valence-electron chi connectivity index (χ2n) is 4.93. The first-order chi connectivity index (χ1) is 6.88. The molecule has 0 aromatic heterocycles. The Kier molecular flexibility index (Phi) is 4.30. The monoisotopic (exact) mass is 259 g/mol. The van der Waals surface area contributed by atoms with E-state index in [2.05, 4.69) is 20.1 Å². The van der Waals surface area contributed by atoms with Crippen LogP contribution in [-0.4, -0.2) is 16.0 Å². The summed E-state index contributed by atoms with van der Waals surface area (Å²) in [6, 6.07) is 1.68. The van der Waals surface area contributed by atoms with E-state index in [1.165, 1.54) is 64.2 Å². The zero-order valence-electron chi connectivity index (χ0n) is 9.05. The van der Waals surface area contributed by atoms with Gasteiger partial charge in [0.2, 0.25) is 0 Å². The molecule has 14 heavy (non-hydrogen) atoms. The number of halogens is 1. The third kappa shape index (κ3) is 2.73. The van der Waals surface area contributed by atoms with E-state index in [9.17, 15) is 0 Å². The fraction of sp³-hybridized carbons (Fsp3) is 1.00. The van der Waals surface area contributed by atoms with E-state index in [4.69, 9.17) is 0 Å². The first-order valence-corrected chi connectivity index (χ1v) is 7.03. The summed E-state index contributed by atoms with van der Waals surface area (Å²) in [4.78, 5) is 0. The summed E-state index contributed by atoms with van der Waals surface area (Å²) in [6.45, 7) is 0. The van der Waals surface area contributed by atoms with Crippen LogP contribution >= 0.6 is 16.1 Å². The maximum absolute atomic E-state index is 3.83. The molecule has 0 aromatic rings. The van der Waals surface area contributed by atoms with Crippen molar-refractivity contribution in [3.05, 3.63) is 0 Å². The van der Waals surface area contributed by atoms with Crippen molar-refractivity contribution in [3.8, 4) is 0 Å². The summed E-state index contributed by atoms with van der Waals surface area (Å²) < 4.78 is 2.53. The summed E-state index contributed by atoms with van der Waals surface area (Å²) in [5.74, 6) is 0. The number of rotatable bonds is 2. The molecule has 2 aliphatic rings. The van der Waals surface area contributed by atoms with Gasteiger partial charge in [0, 0.05) is 28.2 Å². The Labute approximate surface area is 96.6 Å². The van der Waals surface area contributed by atoms with Gasteiger partial charge >= 0.3 is 0 Å². The van der Waals surface area contributed by atoms with Gasteiger partial charge in [-0.2, -0.15) is 0 Å². The second kappa shape index (κ2) is 5.50. The van der Waals surface area contributed by atoms with Crippen molar-refractivity contribution < 1.29 is 0 Å². The molecule has 2 aliphatic carbocycles. The molecule has 0 unspecified atom stereocenters. The molecule has 0 heterocycles. The highest BCUT2D eigenvalue weighted by Crippen LogP contribution is 2.32. The van der Waals surface area contributed by atoms with E-state index in [0.717, 1.165) is 12.1 Å². The molecular weight excluding hydrogens is 238 g/mol. The van der Waals surface area contributed by atoms with E-state index in [1.54, 1.807) is 0 Å². The molecule has 0 saturated heterocycles. The Hall–Kier alpha value is 0.440. The van der Waals surface area contributed by atoms with Crippen molar-refractivity contribution >= 4 is 16.1 Å². The molecule has 2 rings (SSSR count). The molecule has 0 aliphatic heterocycles. The molecular formula is C12H22BrN. The van der Waals surface area contributed by atoms with Crippen molar-refractivity contribution in [3.63, 3.8) is 0 Å². The average Bonchev–Trinajstić information content (AvgIpc) is 2.30. The van der Waals surface area contributed by atoms with Gasteiger partial charge in [-0.1, -0.05) is 38.5 Å². The van der Waals surface area contributed by atoms with Gasteiger partial charge in [-0.25, -0.2) is 3.93 Å². The molecule has 1 nitrogen and oxygen atoms in total. The molecule has 0 atom stereocenters. The van der Waals surface area contributed by atoms with Crippen LogP contribution in [0, 0.1) is 0 Å². The molecule has 0 bridgehead atoms. The highest BCUT2D eigenvalue weighted by atomic mass is 79.9. The summed E-state index contributed by atoms with van der Waals surface area (Å²) in [5.41, 5.74) is 0. The normalized spacial score (nSPS) is 27.0. The van der Waals surface area contributed by atoms with Gasteiger partial charge in [0.05, 0.1) is 0 Å². The Balaban J connectivity index is 1.82. The van der Waals surface area contributed by atoms with Crippen molar-refractivity contribution in [2.75, 3.05) is 0 Å². The first-order valence-electron chi connectivity index (χ1n) is 6.32. The van der Waals surface area contributed by atoms with Gasteiger partial charge in [-0.15, -0.1) is 0 Å². The van der Waals surface area contributed by atoms with Crippen LogP contribution in [0.2, 0.25) is 0 Å². The van der Waals surface area contributed by atoms with Gasteiger partial charge in [-0.05, 0) is 25.7 Å². The second-order valence-corrected chi connectivity index (χ2v) is 5.75. The maximum Gasteiger partial charge on any atom is 0.0208 e. The summed E-state index contributed by atoms with van der Waals surface area (Å²) in [6.07, 6.45) is 14.4. The topological polar surface area (TPSA) is 3.24 Å². The molecule has 0 spiro atoms. The predicted molar refractivity (Wildman–Crippen MR) is 64.5 cm³/mol. The Morgan fingerprint density at radius 1 is 0.643 bits per heavy atom. The van der Waals surface area contributed by atoms with Crippen LogP contribution in [0.3, 0.4) is 0 Å². The van der Waals surface area contributed by atoms with Crippen LogP contribution in [0.25, 0.3) is 0 Å². The minimum atomic E-state index is 0.840. The third-order valence-corrected chi connectivity index (χ3v) is 5.01. The molecule has 0 N–H and O–H groups in total. The quantitative estimate of drug-likeness (QED) is 0.670. The van der Waals surface area contributed by atoms with Crippen LogP contribution in [0.15, 0.2) is 0 Å².